The molecule has 0 amide bonds. The van der Waals surface area contributed by atoms with Gasteiger partial charge < -0.3 is 9.15 Å². The molecule has 0 bridgehead atoms. The van der Waals surface area contributed by atoms with Crippen molar-refractivity contribution in [2.45, 2.75) is 11.0 Å². The van der Waals surface area contributed by atoms with Gasteiger partial charge in [-0.1, -0.05) is 35.1 Å². The number of rotatable bonds is 6. The van der Waals surface area contributed by atoms with E-state index in [4.69, 9.17) is 9.15 Å². The Morgan fingerprint density at radius 2 is 1.90 bits per heavy atom. The zero-order chi connectivity index (χ0) is 14.5. The summed E-state index contributed by atoms with van der Waals surface area (Å²) in [5.41, 5.74) is 3.01. The molecule has 0 atom stereocenters. The van der Waals surface area contributed by atoms with Gasteiger partial charge >= 0.3 is 0 Å². The van der Waals surface area contributed by atoms with Crippen molar-refractivity contribution in [3.05, 3.63) is 54.1 Å². The molecule has 1 heterocycles. The molecule has 0 fully saturated rings. The Morgan fingerprint density at radius 3 is 2.67 bits per heavy atom. The van der Waals surface area contributed by atoms with Crippen LogP contribution in [0.15, 0.2) is 58.2 Å². The van der Waals surface area contributed by atoms with E-state index in [1.54, 1.807) is 38.5 Å². The second-order valence-corrected chi connectivity index (χ2v) is 8.23. The summed E-state index contributed by atoms with van der Waals surface area (Å²) in [6, 6.07) is 15.9. The van der Waals surface area contributed by atoms with Crippen LogP contribution in [0.3, 0.4) is 0 Å². The molecule has 0 N–H and O–H groups in total. The molecule has 0 aliphatic carbocycles. The van der Waals surface area contributed by atoms with E-state index >= 15 is 0 Å². The third-order valence-electron chi connectivity index (χ3n) is 2.81. The molecule has 0 spiro atoms. The van der Waals surface area contributed by atoms with E-state index < -0.39 is 0 Å². The summed E-state index contributed by atoms with van der Waals surface area (Å²) in [6.45, 7) is 0. The highest BCUT2D eigenvalue weighted by molar-refractivity contribution is 9.09. The summed E-state index contributed by atoms with van der Waals surface area (Å²) >= 11 is 0. The fourth-order valence-electron chi connectivity index (χ4n) is 1.75. The summed E-state index contributed by atoms with van der Waals surface area (Å²) in [4.78, 5) is 4.43. The van der Waals surface area contributed by atoms with Crippen LogP contribution in [-0.4, -0.2) is 12.1 Å². The van der Waals surface area contributed by atoms with E-state index in [1.165, 1.54) is 5.56 Å². The quantitative estimate of drug-likeness (QED) is 0.442. The summed E-state index contributed by atoms with van der Waals surface area (Å²) in [5.74, 6) is 1.82. The normalized spacial score (nSPS) is 10.9. The second-order valence-electron chi connectivity index (χ2n) is 4.21. The van der Waals surface area contributed by atoms with Crippen LogP contribution in [0.5, 0.6) is 5.75 Å². The number of ether oxygens (including phenoxy) is 1. The minimum atomic E-state index is 0.698. The molecule has 2 aromatic carbocycles. The fraction of sp³-hybridized carbons (Fsp3) is 0.133. The molecule has 0 unspecified atom stereocenters. The maximum atomic E-state index is 5.65. The van der Waals surface area contributed by atoms with Crippen LogP contribution in [0.2, 0.25) is 0 Å². The lowest BCUT2D eigenvalue weighted by atomic mass is 10.2. The SMILES string of the molecule is COc1ccc(CSSSc2nc3ccccc3o2)cc1. The highest BCUT2D eigenvalue weighted by atomic mass is 33.5. The van der Waals surface area contributed by atoms with Crippen molar-refractivity contribution in [1.29, 1.82) is 0 Å². The monoisotopic (exact) mass is 335 g/mol. The summed E-state index contributed by atoms with van der Waals surface area (Å²) in [5, 5.41) is 0.698. The van der Waals surface area contributed by atoms with Crippen molar-refractivity contribution in [3.8, 4) is 5.75 Å². The number of aromatic nitrogens is 1. The molecule has 0 aliphatic heterocycles. The first-order chi connectivity index (χ1) is 10.3. The number of para-hydroxylation sites is 2. The molecule has 0 saturated carbocycles. The van der Waals surface area contributed by atoms with Crippen molar-refractivity contribution >= 4 is 42.5 Å². The third-order valence-corrected chi connectivity index (χ3v) is 6.50. The van der Waals surface area contributed by atoms with Crippen LogP contribution >= 0.6 is 31.4 Å². The van der Waals surface area contributed by atoms with E-state index in [-0.39, 0.29) is 0 Å². The molecule has 0 aliphatic rings. The van der Waals surface area contributed by atoms with E-state index in [2.05, 4.69) is 17.1 Å². The molecule has 3 nitrogen and oxygen atoms in total. The van der Waals surface area contributed by atoms with Crippen LogP contribution in [-0.2, 0) is 5.75 Å². The minimum Gasteiger partial charge on any atom is -0.497 e. The van der Waals surface area contributed by atoms with Gasteiger partial charge in [0, 0.05) is 16.5 Å². The molecule has 0 saturated heterocycles. The molecule has 21 heavy (non-hydrogen) atoms. The Bertz CT molecular complexity index is 679. The highest BCUT2D eigenvalue weighted by Gasteiger charge is 2.06. The first kappa shape index (κ1) is 14.7. The third kappa shape index (κ3) is 3.90. The first-order valence-corrected chi connectivity index (χ1v) is 9.95. The zero-order valence-electron chi connectivity index (χ0n) is 11.3. The average Bonchev–Trinajstić information content (AvgIpc) is 2.95. The van der Waals surface area contributed by atoms with Crippen molar-refractivity contribution in [1.82, 2.24) is 4.98 Å². The van der Waals surface area contributed by atoms with E-state index in [1.807, 2.05) is 36.4 Å². The molecule has 1 aromatic heterocycles. The molecule has 108 valence electrons. The van der Waals surface area contributed by atoms with Crippen molar-refractivity contribution in [2.24, 2.45) is 0 Å². The van der Waals surface area contributed by atoms with Gasteiger partial charge in [-0.25, -0.2) is 4.98 Å². The first-order valence-electron chi connectivity index (χ1n) is 6.30. The van der Waals surface area contributed by atoms with E-state index in [9.17, 15) is 0 Å². The van der Waals surface area contributed by atoms with Gasteiger partial charge in [-0.15, -0.1) is 0 Å². The smallest absolute Gasteiger partial charge is 0.268 e. The lowest BCUT2D eigenvalue weighted by Gasteiger charge is -2.02. The lowest BCUT2D eigenvalue weighted by molar-refractivity contribution is 0.414. The van der Waals surface area contributed by atoms with Crippen molar-refractivity contribution in [3.63, 3.8) is 0 Å². The minimum absolute atomic E-state index is 0.698. The zero-order valence-corrected chi connectivity index (χ0v) is 13.8. The molecule has 3 rings (SSSR count). The number of benzene rings is 2. The Hall–Kier alpha value is -1.24. The van der Waals surface area contributed by atoms with Crippen LogP contribution in [0.4, 0.5) is 0 Å². The Labute approximate surface area is 134 Å². The predicted octanol–water partition coefficient (Wildman–Crippen LogP) is 5.43. The van der Waals surface area contributed by atoms with Gasteiger partial charge in [0.05, 0.1) is 7.11 Å². The number of hydrogen-bond acceptors (Lipinski definition) is 6. The van der Waals surface area contributed by atoms with Crippen LogP contribution in [0, 0.1) is 0 Å². The topological polar surface area (TPSA) is 35.3 Å². The van der Waals surface area contributed by atoms with Gasteiger partial charge in [-0.05, 0) is 39.7 Å². The maximum absolute atomic E-state index is 5.65. The predicted molar refractivity (Wildman–Crippen MR) is 91.7 cm³/mol. The van der Waals surface area contributed by atoms with Gasteiger partial charge in [0.15, 0.2) is 5.58 Å². The molecular formula is C15H13NO2S3. The van der Waals surface area contributed by atoms with Gasteiger partial charge in [0.1, 0.15) is 11.3 Å². The molecular weight excluding hydrogens is 322 g/mol. The van der Waals surface area contributed by atoms with Crippen molar-refractivity contribution in [2.75, 3.05) is 7.11 Å². The standard InChI is InChI=1S/C15H13NO2S3/c1-17-12-8-6-11(7-9-12)10-19-21-20-15-16-13-4-2-3-5-14(13)18-15/h2-9H,10H2,1H3. The van der Waals surface area contributed by atoms with Crippen LogP contribution in [0.25, 0.3) is 11.1 Å². The second kappa shape index (κ2) is 7.15. The van der Waals surface area contributed by atoms with E-state index in [0.717, 1.165) is 22.6 Å². The number of fused-ring (bicyclic) bond motifs is 1. The summed E-state index contributed by atoms with van der Waals surface area (Å²) < 4.78 is 10.8. The Morgan fingerprint density at radius 1 is 1.10 bits per heavy atom. The van der Waals surface area contributed by atoms with E-state index in [0.29, 0.717) is 5.22 Å². The maximum Gasteiger partial charge on any atom is 0.268 e. The number of nitrogens with zero attached hydrogens (tertiary/aromatic N) is 1. The van der Waals surface area contributed by atoms with Crippen molar-refractivity contribution < 1.29 is 9.15 Å². The fourth-order valence-corrected chi connectivity index (χ4v) is 4.97. The van der Waals surface area contributed by atoms with Gasteiger partial charge in [0.25, 0.3) is 5.22 Å². The van der Waals surface area contributed by atoms with Gasteiger partial charge in [-0.3, -0.25) is 0 Å². The van der Waals surface area contributed by atoms with Crippen LogP contribution < -0.4 is 4.74 Å². The number of oxazole rings is 1. The number of hydrogen-bond donors (Lipinski definition) is 0. The molecule has 3 aromatic rings. The molecule has 0 radical (unpaired) electrons. The Kier molecular flexibility index (Phi) is 5.00. The Balaban J connectivity index is 1.49. The largest absolute Gasteiger partial charge is 0.497 e. The average molecular weight is 335 g/mol. The van der Waals surface area contributed by atoms with Gasteiger partial charge in [-0.2, -0.15) is 0 Å². The highest BCUT2D eigenvalue weighted by Crippen LogP contribution is 2.42. The lowest BCUT2D eigenvalue weighted by Crippen LogP contribution is -1.83. The van der Waals surface area contributed by atoms with Crippen LogP contribution in [0.1, 0.15) is 5.56 Å². The van der Waals surface area contributed by atoms with Gasteiger partial charge in [0.2, 0.25) is 0 Å². The number of methoxy groups -OCH3 is 1. The molecule has 6 heteroatoms. The summed E-state index contributed by atoms with van der Waals surface area (Å²) in [6.07, 6.45) is 0. The summed E-state index contributed by atoms with van der Waals surface area (Å²) in [7, 11) is 6.66.